The van der Waals surface area contributed by atoms with Crippen LogP contribution in [0.4, 0.5) is 0 Å². The lowest BCUT2D eigenvalue weighted by atomic mass is 10.1. The molecule has 0 saturated carbocycles. The van der Waals surface area contributed by atoms with Crippen LogP contribution in [0.2, 0.25) is 0 Å². The molecule has 112 valence electrons. The Balaban J connectivity index is 2.20. The van der Waals surface area contributed by atoms with E-state index in [0.717, 1.165) is 24.2 Å². The largest absolute Gasteiger partial charge is 0.465 e. The maximum Gasteiger partial charge on any atom is 0.327 e. The molecule has 0 aliphatic heterocycles. The van der Waals surface area contributed by atoms with Crippen LogP contribution in [0.5, 0.6) is 0 Å². The van der Waals surface area contributed by atoms with E-state index in [1.165, 1.54) is 0 Å². The predicted octanol–water partition coefficient (Wildman–Crippen LogP) is 2.48. The molecule has 1 N–H and O–H groups in total. The van der Waals surface area contributed by atoms with Gasteiger partial charge in [0.05, 0.1) is 18.5 Å². The number of hydrogen-bond donors (Lipinski definition) is 1. The summed E-state index contributed by atoms with van der Waals surface area (Å²) in [6.07, 6.45) is 4.51. The normalized spacial score (nSPS) is 12.1. The molecule has 0 radical (unpaired) electrons. The second-order valence-corrected chi connectivity index (χ2v) is 4.69. The number of ether oxygens (including phenoxy) is 1. The summed E-state index contributed by atoms with van der Waals surface area (Å²) in [6, 6.07) is 9.33. The minimum atomic E-state index is -0.470. The highest BCUT2D eigenvalue weighted by molar-refractivity contribution is 5.77. The van der Waals surface area contributed by atoms with Crippen LogP contribution in [0.15, 0.2) is 42.7 Å². The van der Waals surface area contributed by atoms with E-state index in [1.807, 2.05) is 43.5 Å². The van der Waals surface area contributed by atoms with Crippen molar-refractivity contribution in [3.05, 3.63) is 48.3 Å². The second kappa shape index (κ2) is 7.59. The number of benzene rings is 1. The number of nitrogens with zero attached hydrogens (tertiary/aromatic N) is 2. The zero-order valence-corrected chi connectivity index (χ0v) is 12.5. The average molecular weight is 287 g/mol. The fraction of sp³-hybridized carbons (Fsp3) is 0.375. The summed E-state index contributed by atoms with van der Waals surface area (Å²) in [6.45, 7) is 4.99. The molecular weight excluding hydrogens is 266 g/mol. The van der Waals surface area contributed by atoms with E-state index in [1.54, 1.807) is 10.9 Å². The maximum absolute atomic E-state index is 12.1. The minimum Gasteiger partial charge on any atom is -0.465 e. The van der Waals surface area contributed by atoms with Gasteiger partial charge >= 0.3 is 5.97 Å². The van der Waals surface area contributed by atoms with Gasteiger partial charge < -0.3 is 10.1 Å². The van der Waals surface area contributed by atoms with Crippen molar-refractivity contribution in [2.24, 2.45) is 0 Å². The van der Waals surface area contributed by atoms with Crippen molar-refractivity contribution >= 4 is 5.97 Å². The standard InChI is InChI=1S/C16H21N3O2/c1-3-10-17-15(16(20)21-4-2)13-11-18-19(12-13)14-8-6-5-7-9-14/h5-9,11-12,15,17H,3-4,10H2,1-2H3. The molecule has 2 rings (SSSR count). The van der Waals surface area contributed by atoms with E-state index in [4.69, 9.17) is 4.74 Å². The molecule has 1 aromatic heterocycles. The van der Waals surface area contributed by atoms with Crippen LogP contribution in [0, 0.1) is 0 Å². The molecule has 0 bridgehead atoms. The summed E-state index contributed by atoms with van der Waals surface area (Å²) >= 11 is 0. The molecule has 0 saturated heterocycles. The van der Waals surface area contributed by atoms with Gasteiger partial charge in [0.15, 0.2) is 0 Å². The van der Waals surface area contributed by atoms with Crippen LogP contribution in [0.3, 0.4) is 0 Å². The van der Waals surface area contributed by atoms with Crippen LogP contribution in [-0.4, -0.2) is 28.9 Å². The highest BCUT2D eigenvalue weighted by Gasteiger charge is 2.22. The molecule has 1 heterocycles. The van der Waals surface area contributed by atoms with Crippen molar-refractivity contribution < 1.29 is 9.53 Å². The molecule has 1 aromatic carbocycles. The van der Waals surface area contributed by atoms with Gasteiger partial charge in [0.2, 0.25) is 0 Å². The topological polar surface area (TPSA) is 56.1 Å². The molecule has 5 nitrogen and oxygen atoms in total. The number of esters is 1. The Morgan fingerprint density at radius 1 is 1.33 bits per heavy atom. The average Bonchev–Trinajstić information content (AvgIpc) is 2.98. The highest BCUT2D eigenvalue weighted by atomic mass is 16.5. The van der Waals surface area contributed by atoms with Gasteiger partial charge in [0.1, 0.15) is 6.04 Å². The smallest absolute Gasteiger partial charge is 0.327 e. The molecule has 1 unspecified atom stereocenters. The van der Waals surface area contributed by atoms with Gasteiger partial charge in [-0.05, 0) is 32.0 Å². The van der Waals surface area contributed by atoms with Gasteiger partial charge in [-0.2, -0.15) is 5.10 Å². The lowest BCUT2D eigenvalue weighted by molar-refractivity contribution is -0.145. The molecule has 0 aliphatic carbocycles. The maximum atomic E-state index is 12.1. The van der Waals surface area contributed by atoms with Gasteiger partial charge in [-0.25, -0.2) is 9.48 Å². The third-order valence-corrected chi connectivity index (χ3v) is 3.08. The van der Waals surface area contributed by atoms with Crippen LogP contribution in [0.25, 0.3) is 5.69 Å². The first kappa shape index (κ1) is 15.3. The fourth-order valence-electron chi connectivity index (χ4n) is 2.06. The zero-order chi connectivity index (χ0) is 15.1. The van der Waals surface area contributed by atoms with Crippen molar-refractivity contribution in [2.75, 3.05) is 13.2 Å². The molecule has 21 heavy (non-hydrogen) atoms. The summed E-state index contributed by atoms with van der Waals surface area (Å²) in [4.78, 5) is 12.1. The molecule has 1 atom stereocenters. The van der Waals surface area contributed by atoms with Crippen molar-refractivity contribution in [1.29, 1.82) is 0 Å². The summed E-state index contributed by atoms with van der Waals surface area (Å²) in [7, 11) is 0. The fourth-order valence-corrected chi connectivity index (χ4v) is 2.06. The SMILES string of the molecule is CCCNC(C(=O)OCC)c1cnn(-c2ccccc2)c1. The van der Waals surface area contributed by atoms with Crippen LogP contribution < -0.4 is 5.32 Å². The number of rotatable bonds is 7. The van der Waals surface area contributed by atoms with E-state index in [9.17, 15) is 4.79 Å². The monoisotopic (exact) mass is 287 g/mol. The first-order valence-corrected chi connectivity index (χ1v) is 7.26. The van der Waals surface area contributed by atoms with Gasteiger partial charge in [0, 0.05) is 11.8 Å². The van der Waals surface area contributed by atoms with Crippen molar-refractivity contribution in [3.63, 3.8) is 0 Å². The predicted molar refractivity (Wildman–Crippen MR) is 81.2 cm³/mol. The van der Waals surface area contributed by atoms with Crippen LogP contribution in [0.1, 0.15) is 31.9 Å². The third-order valence-electron chi connectivity index (χ3n) is 3.08. The number of nitrogens with one attached hydrogen (secondary N) is 1. The Morgan fingerprint density at radius 3 is 2.76 bits per heavy atom. The molecule has 5 heteroatoms. The Kier molecular flexibility index (Phi) is 5.51. The van der Waals surface area contributed by atoms with Gasteiger partial charge in [-0.15, -0.1) is 0 Å². The van der Waals surface area contributed by atoms with Gasteiger partial charge in [-0.3, -0.25) is 0 Å². The Hall–Kier alpha value is -2.14. The number of para-hydroxylation sites is 1. The lowest BCUT2D eigenvalue weighted by Gasteiger charge is -2.15. The number of carbonyl (C=O) groups is 1. The number of hydrogen-bond acceptors (Lipinski definition) is 4. The summed E-state index contributed by atoms with van der Waals surface area (Å²) in [5.41, 5.74) is 1.77. The summed E-state index contributed by atoms with van der Waals surface area (Å²) in [5, 5.41) is 7.53. The van der Waals surface area contributed by atoms with E-state index < -0.39 is 6.04 Å². The van der Waals surface area contributed by atoms with Crippen LogP contribution >= 0.6 is 0 Å². The highest BCUT2D eigenvalue weighted by Crippen LogP contribution is 2.16. The molecule has 0 aliphatic rings. The first-order chi connectivity index (χ1) is 10.3. The molecule has 2 aromatic rings. The van der Waals surface area contributed by atoms with E-state index >= 15 is 0 Å². The first-order valence-electron chi connectivity index (χ1n) is 7.26. The quantitative estimate of drug-likeness (QED) is 0.795. The summed E-state index contributed by atoms with van der Waals surface area (Å²) in [5.74, 6) is -0.265. The van der Waals surface area contributed by atoms with Gasteiger partial charge in [0.25, 0.3) is 0 Å². The molecule has 0 fully saturated rings. The molecular formula is C16H21N3O2. The molecule has 0 amide bonds. The van der Waals surface area contributed by atoms with E-state index in [2.05, 4.69) is 17.3 Å². The Morgan fingerprint density at radius 2 is 2.10 bits per heavy atom. The Labute approximate surface area is 124 Å². The lowest BCUT2D eigenvalue weighted by Crippen LogP contribution is -2.30. The molecule has 0 spiro atoms. The third kappa shape index (κ3) is 3.92. The Bertz CT molecular complexity index is 566. The number of carbonyl (C=O) groups excluding carboxylic acids is 1. The van der Waals surface area contributed by atoms with Crippen LogP contribution in [-0.2, 0) is 9.53 Å². The number of aromatic nitrogens is 2. The van der Waals surface area contributed by atoms with E-state index in [-0.39, 0.29) is 5.97 Å². The summed E-state index contributed by atoms with van der Waals surface area (Å²) < 4.78 is 6.89. The minimum absolute atomic E-state index is 0.265. The van der Waals surface area contributed by atoms with Crippen molar-refractivity contribution in [1.82, 2.24) is 15.1 Å². The van der Waals surface area contributed by atoms with Gasteiger partial charge in [-0.1, -0.05) is 25.1 Å². The van der Waals surface area contributed by atoms with Crippen molar-refractivity contribution in [2.45, 2.75) is 26.3 Å². The zero-order valence-electron chi connectivity index (χ0n) is 12.5. The van der Waals surface area contributed by atoms with Crippen molar-refractivity contribution in [3.8, 4) is 5.69 Å². The van der Waals surface area contributed by atoms with E-state index in [0.29, 0.717) is 6.61 Å². The second-order valence-electron chi connectivity index (χ2n) is 4.69.